The number of rotatable bonds is 16. The van der Waals surface area contributed by atoms with Crippen molar-refractivity contribution in [1.29, 1.82) is 0 Å². The minimum atomic E-state index is -0.424. The van der Waals surface area contributed by atoms with Crippen LogP contribution in [0.5, 0.6) is 11.5 Å². The van der Waals surface area contributed by atoms with Crippen LogP contribution in [0.25, 0.3) is 10.9 Å². The second-order valence-corrected chi connectivity index (χ2v) is 14.5. The molecule has 3 saturated heterocycles. The van der Waals surface area contributed by atoms with Crippen molar-refractivity contribution in [2.45, 2.75) is 18.9 Å². The molecular formula is C36H47BrFN9O7. The summed E-state index contributed by atoms with van der Waals surface area (Å²) in [5.41, 5.74) is 9.89. The number of aromatic nitrogens is 2. The van der Waals surface area contributed by atoms with Gasteiger partial charge in [-0.25, -0.2) is 24.8 Å². The van der Waals surface area contributed by atoms with Crippen LogP contribution in [0.4, 0.5) is 15.9 Å². The first-order valence-electron chi connectivity index (χ1n) is 18.1. The maximum Gasteiger partial charge on any atom is 0.320 e. The molecule has 3 aliphatic heterocycles. The van der Waals surface area contributed by atoms with Gasteiger partial charge < -0.3 is 34.9 Å². The number of hydrogen-bond acceptors (Lipinski definition) is 15. The number of hydrogen-bond donors (Lipinski definition) is 3. The number of cyclic esters (lactones) is 2. The highest BCUT2D eigenvalue weighted by atomic mass is 79.9. The number of anilines is 2. The van der Waals surface area contributed by atoms with Gasteiger partial charge in [0.05, 0.1) is 51.1 Å². The second-order valence-electron chi connectivity index (χ2n) is 13.5. The molecule has 0 bridgehead atoms. The maximum atomic E-state index is 14.5. The monoisotopic (exact) mass is 815 g/mol. The Balaban J connectivity index is 1.00. The maximum absolute atomic E-state index is 14.5. The highest BCUT2D eigenvalue weighted by molar-refractivity contribution is 9.10. The lowest BCUT2D eigenvalue weighted by molar-refractivity contribution is -0.161. The summed E-state index contributed by atoms with van der Waals surface area (Å²) in [6.07, 6.45) is 2.55. The minimum absolute atomic E-state index is 0.0327. The molecule has 0 radical (unpaired) electrons. The lowest BCUT2D eigenvalue weighted by atomic mass is 9.98. The van der Waals surface area contributed by atoms with Crippen LogP contribution in [0, 0.1) is 11.7 Å². The molecular weight excluding hydrogens is 769 g/mol. The number of nitrogens with one attached hydrogen (secondary N) is 2. The lowest BCUT2D eigenvalue weighted by Gasteiger charge is -2.36. The molecule has 18 heteroatoms. The first kappa shape index (κ1) is 39.5. The Morgan fingerprint density at radius 3 is 2.65 bits per heavy atom. The van der Waals surface area contributed by atoms with Crippen molar-refractivity contribution in [2.75, 3.05) is 104 Å². The fourth-order valence-corrected chi connectivity index (χ4v) is 7.11. The first-order chi connectivity index (χ1) is 26.2. The van der Waals surface area contributed by atoms with Crippen molar-refractivity contribution >= 4 is 56.2 Å². The van der Waals surface area contributed by atoms with Crippen molar-refractivity contribution in [3.8, 4) is 11.5 Å². The predicted octanol–water partition coefficient (Wildman–Crippen LogP) is 1.75. The molecule has 1 unspecified atom stereocenters. The Bertz CT molecular complexity index is 1780. The molecule has 3 aliphatic rings. The second kappa shape index (κ2) is 18.9. The quantitative estimate of drug-likeness (QED) is 0.141. The fraction of sp³-hybridized carbons (Fsp3) is 0.528. The summed E-state index contributed by atoms with van der Waals surface area (Å²) in [4.78, 5) is 52.0. The topological polar surface area (TPSA) is 177 Å². The van der Waals surface area contributed by atoms with Gasteiger partial charge in [0.25, 0.3) is 0 Å². The van der Waals surface area contributed by atoms with Gasteiger partial charge in [0.15, 0.2) is 11.5 Å². The number of fused-ring (bicyclic) bond motifs is 1. The zero-order valence-electron chi connectivity index (χ0n) is 30.3. The number of nitrogens with zero attached hydrogens (tertiary/aromatic N) is 6. The number of ether oxygens (including phenoxy) is 4. The van der Waals surface area contributed by atoms with Gasteiger partial charge in [-0.15, -0.1) is 0 Å². The van der Waals surface area contributed by atoms with Crippen LogP contribution in [0.15, 0.2) is 41.1 Å². The van der Waals surface area contributed by atoms with Crippen LogP contribution >= 0.6 is 15.9 Å². The standard InChI is InChI=1S/C36H47BrFN9O7/c1-51-31-15-27-30(40-23-41-36(27)43-29-3-2-25(37)14-28(29)38)16-32(31)53-22-24-4-7-46(8-5-24)33(48)17-42-47(11-10-44-12-13-52-34(49)20-44)19-26-18-45(9-6-39)21-35(50)54-26/h2-3,14-16,23-24,26,42H,4-13,17-22,39H2,1H3,(H,40,41,43). The van der Waals surface area contributed by atoms with E-state index in [1.807, 2.05) is 19.7 Å². The van der Waals surface area contributed by atoms with Gasteiger partial charge in [0, 0.05) is 68.3 Å². The van der Waals surface area contributed by atoms with Crippen LogP contribution in [0.1, 0.15) is 12.8 Å². The average Bonchev–Trinajstić information content (AvgIpc) is 3.16. The van der Waals surface area contributed by atoms with Crippen LogP contribution in [0.3, 0.4) is 0 Å². The van der Waals surface area contributed by atoms with Crippen LogP contribution in [0.2, 0.25) is 0 Å². The number of nitrogens with two attached hydrogens (primary N) is 1. The van der Waals surface area contributed by atoms with E-state index in [-0.39, 0.29) is 49.1 Å². The van der Waals surface area contributed by atoms with Gasteiger partial charge in [-0.1, -0.05) is 15.9 Å². The normalized spacial score (nSPS) is 18.8. The molecule has 292 valence electrons. The number of carbonyl (C=O) groups excluding carboxylic acids is 3. The van der Waals surface area contributed by atoms with Crippen LogP contribution in [-0.2, 0) is 23.9 Å². The Morgan fingerprint density at radius 1 is 1.07 bits per heavy atom. The zero-order valence-corrected chi connectivity index (χ0v) is 31.9. The molecule has 6 rings (SSSR count). The average molecular weight is 817 g/mol. The summed E-state index contributed by atoms with van der Waals surface area (Å²) < 4.78 is 37.8. The van der Waals surface area contributed by atoms with Crippen LogP contribution < -0.4 is 25.9 Å². The van der Waals surface area contributed by atoms with E-state index >= 15 is 0 Å². The molecule has 0 spiro atoms. The summed E-state index contributed by atoms with van der Waals surface area (Å²) in [7, 11) is 1.56. The molecule has 1 atom stereocenters. The van der Waals surface area contributed by atoms with Crippen molar-refractivity contribution < 1.29 is 37.7 Å². The van der Waals surface area contributed by atoms with E-state index in [1.165, 1.54) is 12.4 Å². The van der Waals surface area contributed by atoms with Crippen molar-refractivity contribution in [3.05, 3.63) is 46.9 Å². The number of amides is 1. The number of morpholine rings is 2. The molecule has 2 aromatic carbocycles. The molecule has 16 nitrogen and oxygen atoms in total. The summed E-state index contributed by atoms with van der Waals surface area (Å²) >= 11 is 3.28. The van der Waals surface area contributed by atoms with Gasteiger partial charge in [-0.05, 0) is 43.0 Å². The Kier molecular flexibility index (Phi) is 13.8. The van der Waals surface area contributed by atoms with Gasteiger partial charge in [0.1, 0.15) is 30.7 Å². The van der Waals surface area contributed by atoms with Crippen molar-refractivity contribution in [2.24, 2.45) is 11.7 Å². The zero-order chi connectivity index (χ0) is 38.0. The van der Waals surface area contributed by atoms with Crippen molar-refractivity contribution in [1.82, 2.24) is 35.1 Å². The third kappa shape index (κ3) is 10.7. The van der Waals surface area contributed by atoms with E-state index in [2.05, 4.69) is 36.6 Å². The molecule has 54 heavy (non-hydrogen) atoms. The van der Waals surface area contributed by atoms with E-state index in [0.717, 1.165) is 12.8 Å². The molecule has 3 fully saturated rings. The van der Waals surface area contributed by atoms with E-state index in [4.69, 9.17) is 24.7 Å². The van der Waals surface area contributed by atoms with E-state index in [0.29, 0.717) is 105 Å². The van der Waals surface area contributed by atoms with Gasteiger partial charge in [-0.3, -0.25) is 24.2 Å². The third-order valence-electron chi connectivity index (χ3n) is 9.69. The minimum Gasteiger partial charge on any atom is -0.493 e. The highest BCUT2D eigenvalue weighted by Crippen LogP contribution is 2.36. The van der Waals surface area contributed by atoms with Gasteiger partial charge >= 0.3 is 11.9 Å². The molecule has 0 saturated carbocycles. The SMILES string of the molecule is COc1cc2c(Nc3ccc(Br)cc3F)ncnc2cc1OCC1CCN(C(=O)CNN(CCN2CCOC(=O)C2)CC2CN(CCN)CC(=O)O2)CC1. The molecule has 1 aromatic heterocycles. The number of benzene rings is 2. The van der Waals surface area contributed by atoms with Gasteiger partial charge in [-0.2, -0.15) is 0 Å². The molecule has 1 amide bonds. The number of likely N-dealkylation sites (tertiary alicyclic amines) is 1. The van der Waals surface area contributed by atoms with E-state index < -0.39 is 11.9 Å². The number of esters is 2. The first-order valence-corrected chi connectivity index (χ1v) is 18.9. The Morgan fingerprint density at radius 2 is 1.89 bits per heavy atom. The number of hydrazine groups is 1. The number of carbonyl (C=O) groups is 3. The Labute approximate surface area is 321 Å². The molecule has 0 aliphatic carbocycles. The molecule has 4 heterocycles. The summed E-state index contributed by atoms with van der Waals surface area (Å²) in [5, 5.41) is 5.60. The molecule has 4 N–H and O–H groups in total. The largest absolute Gasteiger partial charge is 0.493 e. The number of methoxy groups -OCH3 is 1. The Hall–Kier alpha value is -4.20. The molecule has 3 aromatic rings. The predicted molar refractivity (Wildman–Crippen MR) is 201 cm³/mol. The summed E-state index contributed by atoms with van der Waals surface area (Å²) in [6, 6.07) is 8.30. The van der Waals surface area contributed by atoms with E-state index in [1.54, 1.807) is 31.4 Å². The smallest absolute Gasteiger partial charge is 0.320 e. The number of halogens is 2. The fourth-order valence-electron chi connectivity index (χ4n) is 6.78. The van der Waals surface area contributed by atoms with E-state index in [9.17, 15) is 18.8 Å². The number of piperidine rings is 1. The summed E-state index contributed by atoms with van der Waals surface area (Å²) in [6.45, 7) is 6.13. The summed E-state index contributed by atoms with van der Waals surface area (Å²) in [5.74, 6) is 0.663. The van der Waals surface area contributed by atoms with Crippen LogP contribution in [-0.4, -0.2) is 152 Å². The van der Waals surface area contributed by atoms with Crippen molar-refractivity contribution in [3.63, 3.8) is 0 Å². The van der Waals surface area contributed by atoms with Gasteiger partial charge in [0.2, 0.25) is 5.91 Å². The third-order valence-corrected chi connectivity index (χ3v) is 10.2. The lowest BCUT2D eigenvalue weighted by Crippen LogP contribution is -2.56. The highest BCUT2D eigenvalue weighted by Gasteiger charge is 2.30.